The van der Waals surface area contributed by atoms with Gasteiger partial charge >= 0.3 is 0 Å². The van der Waals surface area contributed by atoms with E-state index in [1.807, 2.05) is 0 Å². The van der Waals surface area contributed by atoms with Gasteiger partial charge in [0.25, 0.3) is 0 Å². The Hall–Kier alpha value is -1.16. The highest BCUT2D eigenvalue weighted by molar-refractivity contribution is 7.52. The summed E-state index contributed by atoms with van der Waals surface area (Å²) in [6.45, 7) is 9.08. The normalized spacial score (nSPS) is 30.4. The minimum atomic E-state index is -0.838. The smallest absolute Gasteiger partial charge is 0.219 e. The van der Waals surface area contributed by atoms with Gasteiger partial charge < -0.3 is 13.9 Å². The summed E-state index contributed by atoms with van der Waals surface area (Å²) in [7, 11) is -0.838. The van der Waals surface area contributed by atoms with Crippen LogP contribution in [0.4, 0.5) is 5.69 Å². The topological polar surface area (TPSA) is 37.3 Å². The average Bonchev–Trinajstić information content (AvgIpc) is 3.26. The second-order valence-corrected chi connectivity index (χ2v) is 9.01. The van der Waals surface area contributed by atoms with Crippen molar-refractivity contribution >= 4 is 20.0 Å². The average molecular weight is 347 g/mol. The predicted molar refractivity (Wildman–Crippen MR) is 98.4 cm³/mol. The summed E-state index contributed by atoms with van der Waals surface area (Å²) in [5.41, 5.74) is 0.748. The van der Waals surface area contributed by atoms with Gasteiger partial charge in [-0.3, -0.25) is 0 Å². The summed E-state index contributed by atoms with van der Waals surface area (Å²) in [6.07, 6.45) is 2.53. The second-order valence-electron chi connectivity index (χ2n) is 7.33. The Balaban J connectivity index is 1.59. The first-order chi connectivity index (χ1) is 11.5. The van der Waals surface area contributed by atoms with Gasteiger partial charge in [-0.1, -0.05) is 18.2 Å². The van der Waals surface area contributed by atoms with E-state index >= 15 is 0 Å². The molecule has 2 saturated heterocycles. The van der Waals surface area contributed by atoms with Crippen molar-refractivity contribution in [1.29, 1.82) is 0 Å². The lowest BCUT2D eigenvalue weighted by Gasteiger charge is -2.35. The van der Waals surface area contributed by atoms with E-state index in [1.165, 1.54) is 18.5 Å². The summed E-state index contributed by atoms with van der Waals surface area (Å²) in [5.74, 6) is 0.744. The number of nitrogens with zero attached hydrogens (tertiary/aromatic N) is 3. The molecule has 130 valence electrons. The molecule has 1 aromatic carbocycles. The predicted octanol–water partition coefficient (Wildman–Crippen LogP) is 3.81. The van der Waals surface area contributed by atoms with Gasteiger partial charge in [0.15, 0.2) is 0 Å². The molecule has 1 unspecified atom stereocenters. The fourth-order valence-corrected chi connectivity index (χ4v) is 6.00. The third kappa shape index (κ3) is 2.94. The van der Waals surface area contributed by atoms with Crippen LogP contribution in [-0.4, -0.2) is 47.9 Å². The monoisotopic (exact) mass is 347 g/mol. The Morgan fingerprint density at radius 2 is 2.08 bits per heavy atom. The minimum absolute atomic E-state index is 0.226. The molecule has 0 spiro atoms. The zero-order valence-corrected chi connectivity index (χ0v) is 15.6. The molecule has 0 aliphatic carbocycles. The summed E-state index contributed by atoms with van der Waals surface area (Å²) < 4.78 is 17.5. The van der Waals surface area contributed by atoms with E-state index in [2.05, 4.69) is 65.4 Å². The summed E-state index contributed by atoms with van der Waals surface area (Å²) in [6, 6.07) is 11.5. The number of para-hydroxylation sites is 1. The molecule has 24 heavy (non-hydrogen) atoms. The van der Waals surface area contributed by atoms with Crippen LogP contribution < -0.4 is 4.67 Å². The van der Waals surface area contributed by atoms with Crippen molar-refractivity contribution < 1.29 is 9.26 Å². The van der Waals surface area contributed by atoms with Crippen molar-refractivity contribution in [2.75, 3.05) is 24.4 Å². The molecule has 0 amide bonds. The van der Waals surface area contributed by atoms with Crippen molar-refractivity contribution in [3.8, 4) is 0 Å². The number of benzene rings is 1. The van der Waals surface area contributed by atoms with Gasteiger partial charge in [-0.05, 0) is 45.7 Å². The fourth-order valence-electron chi connectivity index (χ4n) is 3.59. The van der Waals surface area contributed by atoms with Crippen LogP contribution in [0, 0.1) is 0 Å². The zero-order chi connectivity index (χ0) is 16.7. The van der Waals surface area contributed by atoms with Gasteiger partial charge in [-0.15, -0.1) is 0 Å². The molecule has 0 radical (unpaired) electrons. The number of hydrogen-bond donors (Lipinski definition) is 0. The summed E-state index contributed by atoms with van der Waals surface area (Å²) in [4.78, 5) is 4.63. The maximum Gasteiger partial charge on any atom is 0.219 e. The van der Waals surface area contributed by atoms with Crippen LogP contribution in [0.25, 0.3) is 0 Å². The van der Waals surface area contributed by atoms with Gasteiger partial charge in [0.2, 0.25) is 14.3 Å². The molecule has 0 N–H and O–H groups in total. The molecule has 0 aromatic heterocycles. The first-order valence-corrected chi connectivity index (χ1v) is 10.0. The Bertz CT molecular complexity index is 622. The van der Waals surface area contributed by atoms with Crippen LogP contribution in [-0.2, 0) is 9.26 Å². The number of hydrogen-bond acceptors (Lipinski definition) is 5. The van der Waals surface area contributed by atoms with Crippen molar-refractivity contribution in [2.24, 2.45) is 4.99 Å². The van der Waals surface area contributed by atoms with E-state index in [4.69, 9.17) is 9.26 Å². The van der Waals surface area contributed by atoms with Gasteiger partial charge in [0.05, 0.1) is 6.04 Å². The maximum atomic E-state index is 6.67. The van der Waals surface area contributed by atoms with Gasteiger partial charge in [0, 0.05) is 24.8 Å². The molecule has 3 atom stereocenters. The van der Waals surface area contributed by atoms with E-state index in [0.29, 0.717) is 12.6 Å². The van der Waals surface area contributed by atoms with E-state index < -0.39 is 14.1 Å². The van der Waals surface area contributed by atoms with Gasteiger partial charge in [-0.2, -0.15) is 0 Å². The van der Waals surface area contributed by atoms with Gasteiger partial charge in [-0.25, -0.2) is 9.66 Å². The quantitative estimate of drug-likeness (QED) is 0.776. The molecule has 6 heteroatoms. The number of anilines is 1. The highest BCUT2D eigenvalue weighted by Gasteiger charge is 2.47. The standard InChI is InChI=1S/C18H26N3O2P/c1-14-13-22-17(19-14)18(2,3)23-24-20-11-7-10-16(20)12-21(24)15-8-5-4-6-9-15/h4-6,8-9,14,16H,7,10-13H2,1-3H3/t14-,16-,24?/m0/s1. The van der Waals surface area contributed by atoms with Gasteiger partial charge in [0.1, 0.15) is 12.2 Å². The van der Waals surface area contributed by atoms with Crippen LogP contribution in [0.2, 0.25) is 0 Å². The first-order valence-electron chi connectivity index (χ1n) is 8.84. The molecule has 3 aliphatic rings. The largest absolute Gasteiger partial charge is 0.477 e. The number of aliphatic imine (C=N–C) groups is 1. The summed E-state index contributed by atoms with van der Waals surface area (Å²) in [5, 5.41) is 0. The van der Waals surface area contributed by atoms with E-state index in [-0.39, 0.29) is 6.04 Å². The van der Waals surface area contributed by atoms with Crippen molar-refractivity contribution in [3.05, 3.63) is 30.3 Å². The first kappa shape index (κ1) is 16.3. The molecule has 3 heterocycles. The molecule has 2 fully saturated rings. The second kappa shape index (κ2) is 6.29. The highest BCUT2D eigenvalue weighted by Crippen LogP contribution is 2.58. The van der Waals surface area contributed by atoms with E-state index in [9.17, 15) is 0 Å². The van der Waals surface area contributed by atoms with Crippen molar-refractivity contribution in [1.82, 2.24) is 4.67 Å². The van der Waals surface area contributed by atoms with Crippen LogP contribution in [0.5, 0.6) is 0 Å². The Kier molecular flexibility index (Phi) is 4.27. The molecule has 1 aromatic rings. The van der Waals surface area contributed by atoms with Crippen molar-refractivity contribution in [3.63, 3.8) is 0 Å². The highest BCUT2D eigenvalue weighted by atomic mass is 31.2. The molecule has 0 saturated carbocycles. The number of ether oxygens (including phenoxy) is 1. The molecular formula is C18H26N3O2P. The number of fused-ring (bicyclic) bond motifs is 1. The van der Waals surface area contributed by atoms with E-state index in [0.717, 1.165) is 19.0 Å². The minimum Gasteiger partial charge on any atom is -0.477 e. The zero-order valence-electron chi connectivity index (χ0n) is 14.7. The number of rotatable bonds is 4. The molecule has 5 nitrogen and oxygen atoms in total. The van der Waals surface area contributed by atoms with Crippen LogP contribution in [0.15, 0.2) is 35.3 Å². The lowest BCUT2D eigenvalue weighted by Crippen LogP contribution is -2.36. The van der Waals surface area contributed by atoms with Crippen LogP contribution in [0.3, 0.4) is 0 Å². The maximum absolute atomic E-state index is 6.67. The molecule has 0 bridgehead atoms. The Morgan fingerprint density at radius 1 is 1.29 bits per heavy atom. The fraction of sp³-hybridized carbons (Fsp3) is 0.611. The van der Waals surface area contributed by atoms with E-state index in [1.54, 1.807) is 0 Å². The molecular weight excluding hydrogens is 321 g/mol. The van der Waals surface area contributed by atoms with Crippen molar-refractivity contribution in [2.45, 2.75) is 51.3 Å². The lowest BCUT2D eigenvalue weighted by atomic mass is 10.1. The molecule has 3 aliphatic heterocycles. The Morgan fingerprint density at radius 3 is 2.79 bits per heavy atom. The lowest BCUT2D eigenvalue weighted by molar-refractivity contribution is 0.152. The van der Waals surface area contributed by atoms with Crippen LogP contribution >= 0.6 is 8.45 Å². The third-order valence-corrected chi connectivity index (χ3v) is 7.23. The SMILES string of the molecule is C[C@H]1COC(C(C)(C)OP2N(c3ccccc3)C[C@@H]3CCCN32)=N1. The molecule has 4 rings (SSSR count). The summed E-state index contributed by atoms with van der Waals surface area (Å²) >= 11 is 0. The third-order valence-electron chi connectivity index (χ3n) is 4.83. The van der Waals surface area contributed by atoms with Crippen LogP contribution in [0.1, 0.15) is 33.6 Å². The Labute approximate surface area is 145 Å².